The van der Waals surface area contributed by atoms with E-state index in [0.29, 0.717) is 23.7 Å². The van der Waals surface area contributed by atoms with Gasteiger partial charge in [-0.05, 0) is 42.0 Å². The molecule has 0 heterocycles. The molecule has 0 radical (unpaired) electrons. The Morgan fingerprint density at radius 1 is 1.23 bits per heavy atom. The van der Waals surface area contributed by atoms with Crippen LogP contribution in [0, 0.1) is 0 Å². The molecular formula is C20H21Cl2N3O5S. The number of nitrogens with one attached hydrogen (secondary N) is 1. The Balaban J connectivity index is 2.11. The van der Waals surface area contributed by atoms with Gasteiger partial charge in [-0.3, -0.25) is 9.10 Å². The van der Waals surface area contributed by atoms with Crippen molar-refractivity contribution in [3.05, 3.63) is 64.7 Å². The lowest BCUT2D eigenvalue weighted by atomic mass is 10.2. The number of hydrazone groups is 1. The highest BCUT2D eigenvalue weighted by Crippen LogP contribution is 2.30. The summed E-state index contributed by atoms with van der Waals surface area (Å²) in [7, 11) is -2.31. The van der Waals surface area contributed by atoms with Crippen molar-refractivity contribution in [2.24, 2.45) is 5.10 Å². The molecule has 8 nitrogen and oxygen atoms in total. The van der Waals surface area contributed by atoms with Gasteiger partial charge in [-0.25, -0.2) is 13.8 Å². The van der Waals surface area contributed by atoms with Gasteiger partial charge in [0.2, 0.25) is 10.0 Å². The maximum atomic E-state index is 12.3. The number of halogens is 2. The number of carbonyl (C=O) groups excluding carboxylic acids is 1. The standard InChI is InChI=1S/C20H21Cl2N3O5S/c1-4-9-30-18-8-5-14(10-19(18)29-2)12-23-24-20(26)13-25(31(3,27)28)17-11-15(21)6-7-16(17)22/h4-8,10-12H,1,9,13H2,2-3H3,(H,24,26)/b23-12-. The average molecular weight is 486 g/mol. The number of ether oxygens (including phenoxy) is 2. The van der Waals surface area contributed by atoms with Crippen LogP contribution in [0.2, 0.25) is 10.0 Å². The predicted octanol–water partition coefficient (Wildman–Crippen LogP) is 3.48. The lowest BCUT2D eigenvalue weighted by Crippen LogP contribution is -2.39. The monoisotopic (exact) mass is 485 g/mol. The molecule has 1 N–H and O–H groups in total. The van der Waals surface area contributed by atoms with E-state index in [-0.39, 0.29) is 15.7 Å². The van der Waals surface area contributed by atoms with E-state index in [0.717, 1.165) is 10.6 Å². The summed E-state index contributed by atoms with van der Waals surface area (Å²) in [5.74, 6) is 0.345. The number of carbonyl (C=O) groups is 1. The first-order chi connectivity index (χ1) is 14.7. The second-order valence-electron chi connectivity index (χ2n) is 6.17. The Morgan fingerprint density at radius 3 is 2.61 bits per heavy atom. The van der Waals surface area contributed by atoms with Crippen LogP contribution in [0.25, 0.3) is 0 Å². The van der Waals surface area contributed by atoms with Gasteiger partial charge in [-0.15, -0.1) is 0 Å². The molecule has 0 unspecified atom stereocenters. The van der Waals surface area contributed by atoms with E-state index in [1.54, 1.807) is 24.3 Å². The van der Waals surface area contributed by atoms with E-state index in [1.165, 1.54) is 31.5 Å². The molecule has 0 saturated carbocycles. The van der Waals surface area contributed by atoms with Crippen LogP contribution < -0.4 is 19.2 Å². The van der Waals surface area contributed by atoms with Crippen molar-refractivity contribution in [3.63, 3.8) is 0 Å². The maximum absolute atomic E-state index is 12.3. The molecule has 0 spiro atoms. The number of hydrogen-bond donors (Lipinski definition) is 1. The highest BCUT2D eigenvalue weighted by atomic mass is 35.5. The molecule has 31 heavy (non-hydrogen) atoms. The summed E-state index contributed by atoms with van der Waals surface area (Å²) >= 11 is 12.0. The van der Waals surface area contributed by atoms with Crippen LogP contribution in [0.15, 0.2) is 54.2 Å². The van der Waals surface area contributed by atoms with Crippen molar-refractivity contribution in [2.45, 2.75) is 0 Å². The lowest BCUT2D eigenvalue weighted by Gasteiger charge is -2.22. The van der Waals surface area contributed by atoms with E-state index >= 15 is 0 Å². The topological polar surface area (TPSA) is 97.3 Å². The second-order valence-corrected chi connectivity index (χ2v) is 8.92. The normalized spacial score (nSPS) is 11.2. The minimum atomic E-state index is -3.81. The number of nitrogens with zero attached hydrogens (tertiary/aromatic N) is 2. The van der Waals surface area contributed by atoms with Crippen molar-refractivity contribution >= 4 is 51.0 Å². The van der Waals surface area contributed by atoms with Gasteiger partial charge >= 0.3 is 0 Å². The Labute approximate surface area is 191 Å². The van der Waals surface area contributed by atoms with Crippen molar-refractivity contribution < 1.29 is 22.7 Å². The summed E-state index contributed by atoms with van der Waals surface area (Å²) in [6.07, 6.45) is 3.96. The zero-order valence-corrected chi connectivity index (χ0v) is 19.2. The summed E-state index contributed by atoms with van der Waals surface area (Å²) in [5.41, 5.74) is 3.01. The summed E-state index contributed by atoms with van der Waals surface area (Å²) in [6, 6.07) is 9.40. The molecule has 166 valence electrons. The van der Waals surface area contributed by atoms with Crippen molar-refractivity contribution in [1.29, 1.82) is 0 Å². The molecule has 0 bridgehead atoms. The first-order valence-corrected chi connectivity index (χ1v) is 11.4. The van der Waals surface area contributed by atoms with Crippen LogP contribution in [0.5, 0.6) is 11.5 Å². The summed E-state index contributed by atoms with van der Waals surface area (Å²) in [6.45, 7) is 3.38. The predicted molar refractivity (Wildman–Crippen MR) is 123 cm³/mol. The van der Waals surface area contributed by atoms with Gasteiger partial charge < -0.3 is 9.47 Å². The molecule has 2 aromatic carbocycles. The zero-order valence-electron chi connectivity index (χ0n) is 16.8. The van der Waals surface area contributed by atoms with Gasteiger partial charge in [0.25, 0.3) is 5.91 Å². The van der Waals surface area contributed by atoms with Gasteiger partial charge in [0.15, 0.2) is 11.5 Å². The molecule has 0 aliphatic rings. The van der Waals surface area contributed by atoms with E-state index < -0.39 is 22.5 Å². The third-order valence-corrected chi connectivity index (χ3v) is 5.49. The quantitative estimate of drug-likeness (QED) is 0.315. The Hall–Kier alpha value is -2.75. The second kappa shape index (κ2) is 11.0. The number of sulfonamides is 1. The minimum absolute atomic E-state index is 0.0932. The first-order valence-electron chi connectivity index (χ1n) is 8.82. The molecule has 0 aromatic heterocycles. The fourth-order valence-electron chi connectivity index (χ4n) is 2.44. The fraction of sp³-hybridized carbons (Fsp3) is 0.200. The lowest BCUT2D eigenvalue weighted by molar-refractivity contribution is -0.119. The zero-order chi connectivity index (χ0) is 23.0. The summed E-state index contributed by atoms with van der Waals surface area (Å²) in [5, 5.41) is 4.27. The van der Waals surface area contributed by atoms with Crippen LogP contribution >= 0.6 is 23.2 Å². The molecule has 2 rings (SSSR count). The Morgan fingerprint density at radius 2 is 1.97 bits per heavy atom. The number of benzene rings is 2. The fourth-order valence-corrected chi connectivity index (χ4v) is 3.73. The van der Waals surface area contributed by atoms with Crippen LogP contribution in [-0.2, 0) is 14.8 Å². The van der Waals surface area contributed by atoms with E-state index in [2.05, 4.69) is 17.1 Å². The average Bonchev–Trinajstić information content (AvgIpc) is 2.72. The third kappa shape index (κ3) is 7.16. The molecule has 2 aromatic rings. The minimum Gasteiger partial charge on any atom is -0.493 e. The molecule has 0 atom stereocenters. The first kappa shape index (κ1) is 24.5. The largest absolute Gasteiger partial charge is 0.493 e. The molecule has 11 heteroatoms. The number of hydrogen-bond acceptors (Lipinski definition) is 6. The van der Waals surface area contributed by atoms with Crippen molar-refractivity contribution in [3.8, 4) is 11.5 Å². The van der Waals surface area contributed by atoms with E-state index in [4.69, 9.17) is 32.7 Å². The molecule has 0 aliphatic carbocycles. The molecular weight excluding hydrogens is 465 g/mol. The van der Waals surface area contributed by atoms with Gasteiger partial charge in [0.1, 0.15) is 13.2 Å². The van der Waals surface area contributed by atoms with Gasteiger partial charge in [0.05, 0.1) is 30.3 Å². The van der Waals surface area contributed by atoms with Crippen molar-refractivity contribution in [1.82, 2.24) is 5.43 Å². The van der Waals surface area contributed by atoms with Gasteiger partial charge in [-0.2, -0.15) is 5.10 Å². The summed E-state index contributed by atoms with van der Waals surface area (Å²) < 4.78 is 35.9. The van der Waals surface area contributed by atoms with Crippen molar-refractivity contribution in [2.75, 3.05) is 30.8 Å². The smallest absolute Gasteiger partial charge is 0.260 e. The van der Waals surface area contributed by atoms with Crippen LogP contribution in [0.3, 0.4) is 0 Å². The van der Waals surface area contributed by atoms with E-state index in [1.807, 2.05) is 0 Å². The van der Waals surface area contributed by atoms with E-state index in [9.17, 15) is 13.2 Å². The van der Waals surface area contributed by atoms with Crippen LogP contribution in [0.4, 0.5) is 5.69 Å². The molecule has 0 fully saturated rings. The number of rotatable bonds is 10. The maximum Gasteiger partial charge on any atom is 0.260 e. The number of methoxy groups -OCH3 is 1. The van der Waals surface area contributed by atoms with Gasteiger partial charge in [-0.1, -0.05) is 35.9 Å². The Bertz CT molecular complexity index is 1090. The van der Waals surface area contributed by atoms with Gasteiger partial charge in [0, 0.05) is 5.02 Å². The summed E-state index contributed by atoms with van der Waals surface area (Å²) in [4.78, 5) is 12.3. The molecule has 1 amide bonds. The Kier molecular flexibility index (Phi) is 8.73. The highest BCUT2D eigenvalue weighted by Gasteiger charge is 2.23. The highest BCUT2D eigenvalue weighted by molar-refractivity contribution is 7.92. The number of amides is 1. The SMILES string of the molecule is C=CCOc1ccc(/C=N\NC(=O)CN(c2cc(Cl)ccc2Cl)S(C)(=O)=O)cc1OC. The van der Waals surface area contributed by atoms with Crippen LogP contribution in [0.1, 0.15) is 5.56 Å². The third-order valence-electron chi connectivity index (χ3n) is 3.81. The molecule has 0 aliphatic heterocycles. The van der Waals surface area contributed by atoms with Crippen LogP contribution in [-0.4, -0.2) is 47.1 Å². The number of anilines is 1. The molecule has 0 saturated heterocycles.